The van der Waals surface area contributed by atoms with Crippen LogP contribution >= 0.6 is 0 Å². The van der Waals surface area contributed by atoms with E-state index in [2.05, 4.69) is 6.58 Å². The molecule has 0 aliphatic heterocycles. The summed E-state index contributed by atoms with van der Waals surface area (Å²) >= 11 is 0. The SMILES string of the molecule is C=CCC[C@H](C)Oc1ccc(OC(=O)c2ccccc2)cc1[N+](=O)[O-]. The molecule has 0 saturated carbocycles. The minimum absolute atomic E-state index is 0.0895. The number of hydrogen-bond donors (Lipinski definition) is 0. The summed E-state index contributed by atoms with van der Waals surface area (Å²) in [5.41, 5.74) is 0.118. The molecule has 0 radical (unpaired) electrons. The first-order valence-corrected chi connectivity index (χ1v) is 7.84. The highest BCUT2D eigenvalue weighted by atomic mass is 16.6. The fraction of sp³-hybridized carbons (Fsp3) is 0.211. The maximum atomic E-state index is 12.0. The minimum Gasteiger partial charge on any atom is -0.484 e. The zero-order valence-electron chi connectivity index (χ0n) is 13.9. The minimum atomic E-state index is -0.581. The van der Waals surface area contributed by atoms with Gasteiger partial charge in [-0.25, -0.2) is 4.79 Å². The number of hydrogen-bond acceptors (Lipinski definition) is 5. The van der Waals surface area contributed by atoms with Crippen molar-refractivity contribution in [2.24, 2.45) is 0 Å². The number of nitrogens with zero attached hydrogens (tertiary/aromatic N) is 1. The number of nitro groups is 1. The van der Waals surface area contributed by atoms with Crippen LogP contribution in [0.25, 0.3) is 0 Å². The Bertz CT molecular complexity index is 758. The van der Waals surface area contributed by atoms with Gasteiger partial charge in [-0.05, 0) is 44.0 Å². The highest BCUT2D eigenvalue weighted by Gasteiger charge is 2.20. The fourth-order valence-corrected chi connectivity index (χ4v) is 2.17. The second-order valence-corrected chi connectivity index (χ2v) is 5.44. The largest absolute Gasteiger partial charge is 0.484 e. The lowest BCUT2D eigenvalue weighted by molar-refractivity contribution is -0.386. The van der Waals surface area contributed by atoms with Gasteiger partial charge >= 0.3 is 11.7 Å². The van der Waals surface area contributed by atoms with Crippen molar-refractivity contribution in [3.8, 4) is 11.5 Å². The molecule has 0 bridgehead atoms. The predicted octanol–water partition coefficient (Wildman–Crippen LogP) is 4.55. The van der Waals surface area contributed by atoms with Crippen LogP contribution in [0.15, 0.2) is 61.2 Å². The van der Waals surface area contributed by atoms with Gasteiger partial charge in [-0.3, -0.25) is 10.1 Å². The first-order chi connectivity index (χ1) is 12.0. The number of rotatable bonds is 8. The van der Waals surface area contributed by atoms with E-state index in [1.54, 1.807) is 36.4 Å². The summed E-state index contributed by atoms with van der Waals surface area (Å²) in [6, 6.07) is 12.5. The molecule has 0 N–H and O–H groups in total. The Kier molecular flexibility index (Phi) is 6.28. The van der Waals surface area contributed by atoms with Crippen LogP contribution in [0.2, 0.25) is 0 Å². The number of ether oxygens (including phenoxy) is 2. The van der Waals surface area contributed by atoms with Crippen molar-refractivity contribution >= 4 is 11.7 Å². The third-order valence-corrected chi connectivity index (χ3v) is 3.45. The van der Waals surface area contributed by atoms with E-state index in [0.29, 0.717) is 12.0 Å². The molecule has 2 aromatic carbocycles. The maximum absolute atomic E-state index is 12.0. The van der Waals surface area contributed by atoms with E-state index in [4.69, 9.17) is 9.47 Å². The Morgan fingerprint density at radius 3 is 2.64 bits per heavy atom. The Hall–Kier alpha value is -3.15. The average molecular weight is 341 g/mol. The Balaban J connectivity index is 2.16. The van der Waals surface area contributed by atoms with Crippen molar-refractivity contribution in [3.63, 3.8) is 0 Å². The Labute approximate surface area is 145 Å². The van der Waals surface area contributed by atoms with Crippen LogP contribution in [0.4, 0.5) is 5.69 Å². The molecule has 0 aromatic heterocycles. The third-order valence-electron chi connectivity index (χ3n) is 3.45. The van der Waals surface area contributed by atoms with Gasteiger partial charge in [-0.1, -0.05) is 24.3 Å². The summed E-state index contributed by atoms with van der Waals surface area (Å²) in [7, 11) is 0. The summed E-state index contributed by atoms with van der Waals surface area (Å²) in [6.45, 7) is 5.47. The fourth-order valence-electron chi connectivity index (χ4n) is 2.17. The maximum Gasteiger partial charge on any atom is 0.343 e. The average Bonchev–Trinajstić information content (AvgIpc) is 2.61. The quantitative estimate of drug-likeness (QED) is 0.231. The van der Waals surface area contributed by atoms with E-state index in [1.807, 2.05) is 6.92 Å². The van der Waals surface area contributed by atoms with Gasteiger partial charge < -0.3 is 9.47 Å². The van der Waals surface area contributed by atoms with Gasteiger partial charge in [0.15, 0.2) is 5.75 Å². The van der Waals surface area contributed by atoms with Gasteiger partial charge in [0.05, 0.1) is 22.7 Å². The number of esters is 1. The Morgan fingerprint density at radius 2 is 2.00 bits per heavy atom. The smallest absolute Gasteiger partial charge is 0.343 e. The number of benzene rings is 2. The first-order valence-electron chi connectivity index (χ1n) is 7.84. The lowest BCUT2D eigenvalue weighted by Crippen LogP contribution is -2.13. The van der Waals surface area contributed by atoms with Gasteiger partial charge in [-0.2, -0.15) is 0 Å². The molecule has 25 heavy (non-hydrogen) atoms. The number of nitro benzene ring substituents is 1. The number of carbonyl (C=O) groups excluding carboxylic acids is 1. The van der Waals surface area contributed by atoms with Gasteiger partial charge in [0, 0.05) is 0 Å². The molecule has 0 saturated heterocycles. The van der Waals surface area contributed by atoms with Gasteiger partial charge in [0.2, 0.25) is 0 Å². The summed E-state index contributed by atoms with van der Waals surface area (Å²) in [4.78, 5) is 22.8. The standard InChI is InChI=1S/C19H19NO5/c1-3-4-8-14(2)24-18-12-11-16(13-17(18)20(22)23)25-19(21)15-9-6-5-7-10-15/h3,5-7,9-14H,1,4,8H2,2H3/t14-/m0/s1. The molecule has 6 heteroatoms. The second-order valence-electron chi connectivity index (χ2n) is 5.44. The first kappa shape index (κ1) is 18.2. The molecule has 1 atom stereocenters. The van der Waals surface area contributed by atoms with Crippen LogP contribution in [0.3, 0.4) is 0 Å². The van der Waals surface area contributed by atoms with Crippen LogP contribution in [0.5, 0.6) is 11.5 Å². The van der Waals surface area contributed by atoms with Crippen molar-refractivity contribution in [1.29, 1.82) is 0 Å². The van der Waals surface area contributed by atoms with Crippen molar-refractivity contribution < 1.29 is 19.2 Å². The van der Waals surface area contributed by atoms with Gasteiger partial charge in [0.1, 0.15) is 5.75 Å². The lowest BCUT2D eigenvalue weighted by atomic mass is 10.2. The second kappa shape index (κ2) is 8.63. The molecular weight excluding hydrogens is 322 g/mol. The number of carbonyl (C=O) groups is 1. The molecule has 2 aromatic rings. The molecule has 0 fully saturated rings. The molecule has 0 unspecified atom stereocenters. The monoisotopic (exact) mass is 341 g/mol. The van der Waals surface area contributed by atoms with E-state index in [9.17, 15) is 14.9 Å². The van der Waals surface area contributed by atoms with E-state index in [0.717, 1.165) is 6.42 Å². The normalized spacial score (nSPS) is 11.4. The molecule has 130 valence electrons. The van der Waals surface area contributed by atoms with Gasteiger partial charge in [-0.15, -0.1) is 6.58 Å². The van der Waals surface area contributed by atoms with Gasteiger partial charge in [0.25, 0.3) is 0 Å². The summed E-state index contributed by atoms with van der Waals surface area (Å²) < 4.78 is 10.8. The van der Waals surface area contributed by atoms with Crippen LogP contribution < -0.4 is 9.47 Å². The molecule has 0 aliphatic carbocycles. The van der Waals surface area contributed by atoms with Crippen molar-refractivity contribution in [2.45, 2.75) is 25.9 Å². The van der Waals surface area contributed by atoms with Crippen molar-refractivity contribution in [2.75, 3.05) is 0 Å². The zero-order valence-corrected chi connectivity index (χ0v) is 13.9. The zero-order chi connectivity index (χ0) is 18.2. The summed E-state index contributed by atoms with van der Waals surface area (Å²) in [5.74, 6) is -0.351. The predicted molar refractivity (Wildman–Crippen MR) is 94.0 cm³/mol. The van der Waals surface area contributed by atoms with Crippen molar-refractivity contribution in [3.05, 3.63) is 76.9 Å². The van der Waals surface area contributed by atoms with Crippen LogP contribution in [0, 0.1) is 10.1 Å². The molecular formula is C19H19NO5. The number of allylic oxidation sites excluding steroid dienone is 1. The van der Waals surface area contributed by atoms with Crippen LogP contribution in [-0.2, 0) is 0 Å². The highest BCUT2D eigenvalue weighted by molar-refractivity contribution is 5.91. The van der Waals surface area contributed by atoms with Crippen LogP contribution in [-0.4, -0.2) is 17.0 Å². The molecule has 0 spiro atoms. The third kappa shape index (κ3) is 5.17. The lowest BCUT2D eigenvalue weighted by Gasteiger charge is -2.14. The summed E-state index contributed by atoms with van der Waals surface area (Å²) in [5, 5.41) is 11.3. The van der Waals surface area contributed by atoms with E-state index in [1.165, 1.54) is 18.2 Å². The highest BCUT2D eigenvalue weighted by Crippen LogP contribution is 2.32. The van der Waals surface area contributed by atoms with E-state index < -0.39 is 10.9 Å². The molecule has 6 nitrogen and oxygen atoms in total. The molecule has 2 rings (SSSR count). The molecule has 0 aliphatic rings. The summed E-state index contributed by atoms with van der Waals surface area (Å²) in [6.07, 6.45) is 3.02. The Morgan fingerprint density at radius 1 is 1.28 bits per heavy atom. The molecule has 0 amide bonds. The van der Waals surface area contributed by atoms with Crippen molar-refractivity contribution in [1.82, 2.24) is 0 Å². The topological polar surface area (TPSA) is 78.7 Å². The van der Waals surface area contributed by atoms with Crippen LogP contribution in [0.1, 0.15) is 30.1 Å². The van der Waals surface area contributed by atoms with E-state index in [-0.39, 0.29) is 23.3 Å². The van der Waals surface area contributed by atoms with E-state index >= 15 is 0 Å². The molecule has 0 heterocycles.